The standard InChI is InChI=1S/C12H8O.2C8H6O.4C5H12.C4H4O.C3H8.5C2H6/c1-3-7-11-9(5-1)10-6-2-4-8-12(10)13-11;2*1-2-4-8-7(3-1)5-6-9-8;4*1-5(2,3)4;1-2-4-5-3-1;1-3-2;5*1-2/h1-8H;2*1-6H;4*1-4H3;1-4H;3H2,1-2H3;5*1-2H3. The molecule has 0 saturated heterocycles. The molecule has 0 radical (unpaired) electrons. The van der Waals surface area contributed by atoms with Gasteiger partial charge in [-0.05, 0) is 70.2 Å². The van der Waals surface area contributed by atoms with Crippen molar-refractivity contribution in [2.45, 2.75) is 200 Å². The first kappa shape index (κ1) is 75.5. The summed E-state index contributed by atoms with van der Waals surface area (Å²) in [4.78, 5) is 0. The molecular weight excluding hydrogens is 845 g/mol. The summed E-state index contributed by atoms with van der Waals surface area (Å²) >= 11 is 0. The number of hydrogen-bond donors (Lipinski definition) is 0. The van der Waals surface area contributed by atoms with E-state index in [1.54, 1.807) is 25.1 Å². The Kier molecular flexibility index (Phi) is 51.2. The maximum atomic E-state index is 5.65. The molecule has 0 unspecified atom stereocenters. The molecule has 4 aromatic carbocycles. The predicted octanol–water partition coefficient (Wildman–Crippen LogP) is 24.5. The smallest absolute Gasteiger partial charge is 0.135 e. The molecule has 394 valence electrons. The highest BCUT2D eigenvalue weighted by Gasteiger charge is 2.03. The third-order valence-electron chi connectivity index (χ3n) is 5.43. The number of fused-ring (bicyclic) bond motifs is 5. The molecule has 69 heavy (non-hydrogen) atoms. The lowest BCUT2D eigenvalue weighted by molar-refractivity contribution is 0.469. The van der Waals surface area contributed by atoms with Crippen molar-refractivity contribution in [1.82, 2.24) is 0 Å². The molecule has 0 spiro atoms. The molecule has 0 N–H and O–H groups in total. The molecule has 0 aliphatic carbocycles. The van der Waals surface area contributed by atoms with Gasteiger partial charge < -0.3 is 17.7 Å². The fraction of sp³-hybridized carbons (Fsp3) is 0.508. The van der Waals surface area contributed by atoms with Gasteiger partial charge >= 0.3 is 0 Å². The van der Waals surface area contributed by atoms with E-state index in [1.807, 2.05) is 178 Å². The van der Waals surface area contributed by atoms with Gasteiger partial charge in [0.05, 0.1) is 25.1 Å². The van der Waals surface area contributed by atoms with Crippen LogP contribution in [0, 0.1) is 21.7 Å². The second kappa shape index (κ2) is 46.8. The zero-order valence-electron chi connectivity index (χ0n) is 50.2. The molecule has 0 bridgehead atoms. The summed E-state index contributed by atoms with van der Waals surface area (Å²) in [7, 11) is 0. The predicted molar refractivity (Wildman–Crippen MR) is 318 cm³/mol. The number of benzene rings is 4. The zero-order chi connectivity index (χ0) is 55.1. The number of hydrogen-bond acceptors (Lipinski definition) is 4. The molecule has 0 fully saturated rings. The number of rotatable bonds is 0. The van der Waals surface area contributed by atoms with Crippen molar-refractivity contribution in [3.05, 3.63) is 146 Å². The lowest BCUT2D eigenvalue weighted by Gasteiger charge is -2.05. The Morgan fingerprint density at radius 3 is 0.725 bits per heavy atom. The topological polar surface area (TPSA) is 52.6 Å². The van der Waals surface area contributed by atoms with Crippen molar-refractivity contribution < 1.29 is 17.7 Å². The molecule has 8 aromatic rings. The van der Waals surface area contributed by atoms with Gasteiger partial charge in [-0.1, -0.05) is 273 Å². The molecule has 0 amide bonds. The van der Waals surface area contributed by atoms with E-state index >= 15 is 0 Å². The number of para-hydroxylation sites is 4. The molecule has 0 aliphatic rings. The van der Waals surface area contributed by atoms with Crippen LogP contribution in [-0.4, -0.2) is 0 Å². The summed E-state index contributed by atoms with van der Waals surface area (Å²) in [5, 5.41) is 4.71. The van der Waals surface area contributed by atoms with E-state index in [9.17, 15) is 0 Å². The van der Waals surface area contributed by atoms with Crippen molar-refractivity contribution in [2.75, 3.05) is 0 Å². The van der Waals surface area contributed by atoms with E-state index in [-0.39, 0.29) is 0 Å². The Morgan fingerprint density at radius 1 is 0.290 bits per heavy atom. The molecule has 4 aromatic heterocycles. The SMILES string of the molecule is CC.CC.CC.CC.CC.CC(C)(C)C.CC(C)(C)C.CC(C)(C)C.CC(C)(C)C.CCC.c1ccc2c(c1)oc1ccccc12.c1ccc2occc2c1.c1ccc2occc2c1.c1ccoc1. The van der Waals surface area contributed by atoms with Gasteiger partial charge in [0.15, 0.2) is 0 Å². The average molecular weight is 956 g/mol. The van der Waals surface area contributed by atoms with Crippen molar-refractivity contribution in [3.63, 3.8) is 0 Å². The van der Waals surface area contributed by atoms with Crippen LogP contribution in [0.5, 0.6) is 0 Å². The van der Waals surface area contributed by atoms with Crippen molar-refractivity contribution >= 4 is 43.9 Å². The highest BCUT2D eigenvalue weighted by Crippen LogP contribution is 2.27. The van der Waals surface area contributed by atoms with Gasteiger partial charge in [0.1, 0.15) is 22.3 Å². The molecule has 4 nitrogen and oxygen atoms in total. The maximum absolute atomic E-state index is 5.65. The molecule has 0 aliphatic heterocycles. The Balaban J connectivity index is -0.000000163. The zero-order valence-corrected chi connectivity index (χ0v) is 50.2. The normalized spacial score (nSPS) is 9.51. The van der Waals surface area contributed by atoms with Crippen LogP contribution in [0.4, 0.5) is 0 Å². The van der Waals surface area contributed by atoms with E-state index in [1.165, 1.54) is 17.2 Å². The summed E-state index contributed by atoms with van der Waals surface area (Å²) < 4.78 is 20.5. The van der Waals surface area contributed by atoms with Gasteiger partial charge in [0.25, 0.3) is 0 Å². The molecule has 8 rings (SSSR count). The Morgan fingerprint density at radius 2 is 0.507 bits per heavy atom. The first-order valence-electron chi connectivity index (χ1n) is 26.0. The highest BCUT2D eigenvalue weighted by molar-refractivity contribution is 6.04. The monoisotopic (exact) mass is 955 g/mol. The Hall–Kier alpha value is -4.96. The Bertz CT molecular complexity index is 1880. The van der Waals surface area contributed by atoms with Gasteiger partial charge in [-0.15, -0.1) is 0 Å². The summed E-state index contributed by atoms with van der Waals surface area (Å²) in [6.07, 6.45) is 7.90. The van der Waals surface area contributed by atoms with Crippen LogP contribution in [0.1, 0.15) is 200 Å². The molecular formula is C65H110O4. The van der Waals surface area contributed by atoms with Crippen molar-refractivity contribution in [3.8, 4) is 0 Å². The minimum atomic E-state index is 0.500. The first-order valence-corrected chi connectivity index (χ1v) is 26.0. The van der Waals surface area contributed by atoms with Crippen molar-refractivity contribution in [2.24, 2.45) is 21.7 Å². The molecule has 4 heteroatoms. The van der Waals surface area contributed by atoms with Crippen LogP contribution in [0.15, 0.2) is 164 Å². The van der Waals surface area contributed by atoms with Crippen LogP contribution in [0.25, 0.3) is 43.9 Å². The van der Waals surface area contributed by atoms with Crippen molar-refractivity contribution in [1.29, 1.82) is 0 Å². The summed E-state index contributed by atoms with van der Waals surface area (Å²) in [6.45, 7) is 59.2. The van der Waals surface area contributed by atoms with Crippen LogP contribution in [0.3, 0.4) is 0 Å². The molecule has 0 saturated carbocycles. The third kappa shape index (κ3) is 57.3. The van der Waals surface area contributed by atoms with E-state index in [0.29, 0.717) is 21.7 Å². The second-order valence-electron chi connectivity index (χ2n) is 20.5. The van der Waals surface area contributed by atoms with Gasteiger partial charge in [-0.3, -0.25) is 0 Å². The van der Waals surface area contributed by atoms with Gasteiger partial charge in [-0.25, -0.2) is 0 Å². The second-order valence-corrected chi connectivity index (χ2v) is 20.5. The minimum Gasteiger partial charge on any atom is -0.473 e. The Labute approximate surface area is 428 Å². The van der Waals surface area contributed by atoms with Crippen LogP contribution < -0.4 is 0 Å². The summed E-state index contributed by atoms with van der Waals surface area (Å²) in [5.74, 6) is 0. The summed E-state index contributed by atoms with van der Waals surface area (Å²) in [6, 6.07) is 39.7. The van der Waals surface area contributed by atoms with Crippen LogP contribution in [-0.2, 0) is 0 Å². The van der Waals surface area contributed by atoms with Crippen LogP contribution in [0.2, 0.25) is 0 Å². The highest BCUT2D eigenvalue weighted by atomic mass is 16.3. The van der Waals surface area contributed by atoms with E-state index < -0.39 is 0 Å². The quantitative estimate of drug-likeness (QED) is 0.152. The lowest BCUT2D eigenvalue weighted by Crippen LogP contribution is -1.93. The van der Waals surface area contributed by atoms with Gasteiger partial charge in [0.2, 0.25) is 0 Å². The maximum Gasteiger partial charge on any atom is 0.135 e. The molecule has 0 atom stereocenters. The largest absolute Gasteiger partial charge is 0.473 e. The third-order valence-corrected chi connectivity index (χ3v) is 5.43. The number of furan rings is 4. The van der Waals surface area contributed by atoms with Gasteiger partial charge in [-0.2, -0.15) is 0 Å². The fourth-order valence-electron chi connectivity index (χ4n) is 3.71. The van der Waals surface area contributed by atoms with E-state index in [4.69, 9.17) is 13.3 Å². The summed E-state index contributed by atoms with van der Waals surface area (Å²) in [5.41, 5.74) is 5.84. The fourth-order valence-corrected chi connectivity index (χ4v) is 3.71. The first-order chi connectivity index (χ1) is 32.3. The van der Waals surface area contributed by atoms with E-state index in [2.05, 4.69) is 141 Å². The lowest BCUT2D eigenvalue weighted by atomic mass is 10.0. The van der Waals surface area contributed by atoms with Gasteiger partial charge in [0, 0.05) is 21.5 Å². The van der Waals surface area contributed by atoms with Crippen LogP contribution >= 0.6 is 0 Å². The average Bonchev–Trinajstić information content (AvgIpc) is 4.14. The van der Waals surface area contributed by atoms with E-state index in [0.717, 1.165) is 33.1 Å². The molecule has 4 heterocycles. The minimum absolute atomic E-state index is 0.500.